The summed E-state index contributed by atoms with van der Waals surface area (Å²) in [6.07, 6.45) is 0. The van der Waals surface area contributed by atoms with E-state index in [4.69, 9.17) is 5.11 Å². The number of ether oxygens (including phenoxy) is 1. The van der Waals surface area contributed by atoms with Gasteiger partial charge >= 0.3 is 12.6 Å². The molecule has 116 valence electrons. The lowest BCUT2D eigenvalue weighted by atomic mass is 9.86. The summed E-state index contributed by atoms with van der Waals surface area (Å²) in [5.74, 6) is -2.01. The van der Waals surface area contributed by atoms with Gasteiger partial charge in [-0.2, -0.15) is 8.78 Å². The molecule has 1 amide bonds. The van der Waals surface area contributed by atoms with Gasteiger partial charge < -0.3 is 15.2 Å². The molecule has 0 spiro atoms. The smallest absolute Gasteiger partial charge is 0.387 e. The number of benzene rings is 1. The molecule has 0 aliphatic heterocycles. The normalized spacial score (nSPS) is 12.9. The van der Waals surface area contributed by atoms with Gasteiger partial charge in [-0.1, -0.05) is 26.8 Å². The van der Waals surface area contributed by atoms with Gasteiger partial charge in [-0.3, -0.25) is 4.79 Å². The van der Waals surface area contributed by atoms with E-state index in [2.05, 4.69) is 10.1 Å². The number of carboxylic acids is 1. The highest BCUT2D eigenvalue weighted by molar-refractivity contribution is 5.97. The molecule has 0 bridgehead atoms. The van der Waals surface area contributed by atoms with Crippen LogP contribution in [0.25, 0.3) is 0 Å². The Bertz CT molecular complexity index is 526. The van der Waals surface area contributed by atoms with Gasteiger partial charge in [0.05, 0.1) is 0 Å². The third-order valence-electron chi connectivity index (χ3n) is 2.71. The van der Waals surface area contributed by atoms with E-state index in [-0.39, 0.29) is 11.3 Å². The second-order valence-corrected chi connectivity index (χ2v) is 5.52. The lowest BCUT2D eigenvalue weighted by Gasteiger charge is -2.27. The minimum Gasteiger partial charge on any atom is -0.480 e. The molecule has 0 saturated heterocycles. The van der Waals surface area contributed by atoms with Gasteiger partial charge in [0, 0.05) is 5.56 Å². The number of rotatable bonds is 5. The van der Waals surface area contributed by atoms with Crippen LogP contribution in [0, 0.1) is 5.41 Å². The zero-order valence-electron chi connectivity index (χ0n) is 11.9. The highest BCUT2D eigenvalue weighted by Crippen LogP contribution is 2.21. The van der Waals surface area contributed by atoms with Crippen molar-refractivity contribution < 1.29 is 28.2 Å². The summed E-state index contributed by atoms with van der Waals surface area (Å²) in [6, 6.07) is 4.06. The molecule has 0 heterocycles. The fourth-order valence-electron chi connectivity index (χ4n) is 1.68. The molecule has 1 aromatic carbocycles. The molecule has 1 atom stereocenters. The Morgan fingerprint density at radius 2 is 1.90 bits per heavy atom. The molecular formula is C14H17F2NO4. The van der Waals surface area contributed by atoms with Crippen molar-refractivity contribution in [3.63, 3.8) is 0 Å². The number of nitrogens with one attached hydrogen (secondary N) is 1. The van der Waals surface area contributed by atoms with Crippen molar-refractivity contribution in [3.05, 3.63) is 29.8 Å². The van der Waals surface area contributed by atoms with Crippen LogP contribution in [-0.2, 0) is 4.79 Å². The number of hydrogen-bond donors (Lipinski definition) is 2. The highest BCUT2D eigenvalue weighted by Gasteiger charge is 2.32. The van der Waals surface area contributed by atoms with E-state index in [1.54, 1.807) is 20.8 Å². The molecule has 0 aliphatic carbocycles. The third-order valence-corrected chi connectivity index (χ3v) is 2.71. The molecule has 0 fully saturated rings. The molecular weight excluding hydrogens is 284 g/mol. The molecule has 0 aliphatic rings. The van der Waals surface area contributed by atoms with Crippen LogP contribution in [0.15, 0.2) is 24.3 Å². The minimum atomic E-state index is -3.00. The van der Waals surface area contributed by atoms with Gasteiger partial charge in [-0.25, -0.2) is 4.79 Å². The Kier molecular flexibility index (Phi) is 5.23. The molecule has 0 aromatic heterocycles. The van der Waals surface area contributed by atoms with Crippen LogP contribution in [-0.4, -0.2) is 29.6 Å². The summed E-state index contributed by atoms with van der Waals surface area (Å²) >= 11 is 0. The predicted octanol–water partition coefficient (Wildman–Crippen LogP) is 2.52. The first-order valence-electron chi connectivity index (χ1n) is 6.20. The SMILES string of the molecule is CC(C)(C)C(NC(=O)c1cccc(OC(F)F)c1)C(=O)O. The molecule has 21 heavy (non-hydrogen) atoms. The quantitative estimate of drug-likeness (QED) is 0.876. The van der Waals surface area contributed by atoms with Crippen molar-refractivity contribution in [2.75, 3.05) is 0 Å². The monoisotopic (exact) mass is 301 g/mol. The predicted molar refractivity (Wildman–Crippen MR) is 71.4 cm³/mol. The molecule has 0 saturated carbocycles. The molecule has 2 N–H and O–H groups in total. The Labute approximate surface area is 120 Å². The van der Waals surface area contributed by atoms with Gasteiger partial charge in [0.2, 0.25) is 0 Å². The fraction of sp³-hybridized carbons (Fsp3) is 0.429. The van der Waals surface area contributed by atoms with Gasteiger partial charge in [0.15, 0.2) is 0 Å². The lowest BCUT2D eigenvalue weighted by molar-refractivity contribution is -0.142. The topological polar surface area (TPSA) is 75.6 Å². The molecule has 5 nitrogen and oxygen atoms in total. The van der Waals surface area contributed by atoms with E-state index >= 15 is 0 Å². The number of alkyl halides is 2. The van der Waals surface area contributed by atoms with Crippen molar-refractivity contribution in [1.82, 2.24) is 5.32 Å². The van der Waals surface area contributed by atoms with Crippen LogP contribution in [0.2, 0.25) is 0 Å². The van der Waals surface area contributed by atoms with Gasteiger partial charge in [-0.15, -0.1) is 0 Å². The van der Waals surface area contributed by atoms with Crippen molar-refractivity contribution in [2.24, 2.45) is 5.41 Å². The summed E-state index contributed by atoms with van der Waals surface area (Å²) < 4.78 is 28.4. The van der Waals surface area contributed by atoms with Crippen LogP contribution in [0.3, 0.4) is 0 Å². The third kappa shape index (κ3) is 5.02. The van der Waals surface area contributed by atoms with Crippen LogP contribution in [0.1, 0.15) is 31.1 Å². The zero-order chi connectivity index (χ0) is 16.2. The van der Waals surface area contributed by atoms with Crippen molar-refractivity contribution in [3.8, 4) is 5.75 Å². The Morgan fingerprint density at radius 3 is 2.38 bits per heavy atom. The van der Waals surface area contributed by atoms with E-state index < -0.39 is 29.9 Å². The Hall–Kier alpha value is -2.18. The van der Waals surface area contributed by atoms with Crippen LogP contribution < -0.4 is 10.1 Å². The largest absolute Gasteiger partial charge is 0.480 e. The van der Waals surface area contributed by atoms with Gasteiger partial charge in [0.25, 0.3) is 5.91 Å². The Balaban J connectivity index is 2.90. The number of carbonyl (C=O) groups excluding carboxylic acids is 1. The fourth-order valence-corrected chi connectivity index (χ4v) is 1.68. The number of carbonyl (C=O) groups is 2. The molecule has 1 rings (SSSR count). The maximum atomic E-state index is 12.1. The number of hydrogen-bond acceptors (Lipinski definition) is 3. The number of halogens is 2. The number of aliphatic carboxylic acids is 1. The molecule has 1 unspecified atom stereocenters. The van der Waals surface area contributed by atoms with E-state index in [0.29, 0.717) is 0 Å². The molecule has 0 radical (unpaired) electrons. The van der Waals surface area contributed by atoms with Crippen LogP contribution in [0.5, 0.6) is 5.75 Å². The van der Waals surface area contributed by atoms with E-state index in [1.165, 1.54) is 18.2 Å². The van der Waals surface area contributed by atoms with E-state index in [9.17, 15) is 18.4 Å². The average Bonchev–Trinajstić information content (AvgIpc) is 2.33. The highest BCUT2D eigenvalue weighted by atomic mass is 19.3. The zero-order valence-corrected chi connectivity index (χ0v) is 11.9. The van der Waals surface area contributed by atoms with Crippen molar-refractivity contribution >= 4 is 11.9 Å². The minimum absolute atomic E-state index is 0.0450. The average molecular weight is 301 g/mol. The van der Waals surface area contributed by atoms with Crippen LogP contribution >= 0.6 is 0 Å². The summed E-state index contributed by atoms with van der Waals surface area (Å²) in [4.78, 5) is 23.2. The maximum absolute atomic E-state index is 12.1. The summed E-state index contributed by atoms with van der Waals surface area (Å²) in [6.45, 7) is 2.01. The second kappa shape index (κ2) is 6.51. The number of carboxylic acid groups (broad SMARTS) is 1. The lowest BCUT2D eigenvalue weighted by Crippen LogP contribution is -2.49. The first kappa shape index (κ1) is 16.9. The number of amides is 1. The summed E-state index contributed by atoms with van der Waals surface area (Å²) in [5.41, 5.74) is -0.651. The van der Waals surface area contributed by atoms with Gasteiger partial charge in [-0.05, 0) is 23.6 Å². The van der Waals surface area contributed by atoms with Crippen molar-refractivity contribution in [2.45, 2.75) is 33.4 Å². The first-order valence-corrected chi connectivity index (χ1v) is 6.20. The van der Waals surface area contributed by atoms with E-state index in [0.717, 1.165) is 6.07 Å². The Morgan fingerprint density at radius 1 is 1.29 bits per heavy atom. The molecule has 1 aromatic rings. The maximum Gasteiger partial charge on any atom is 0.387 e. The van der Waals surface area contributed by atoms with Crippen molar-refractivity contribution in [1.29, 1.82) is 0 Å². The second-order valence-electron chi connectivity index (χ2n) is 5.52. The molecule has 7 heteroatoms. The van der Waals surface area contributed by atoms with Gasteiger partial charge in [0.1, 0.15) is 11.8 Å². The van der Waals surface area contributed by atoms with E-state index in [1.807, 2.05) is 0 Å². The standard InChI is InChI=1S/C14H17F2NO4/c1-14(2,3)10(12(19)20)17-11(18)8-5-4-6-9(7-8)21-13(15)16/h4-7,10,13H,1-3H3,(H,17,18)(H,19,20). The van der Waals surface area contributed by atoms with Crippen LogP contribution in [0.4, 0.5) is 8.78 Å². The first-order chi connectivity index (χ1) is 9.61. The summed E-state index contributed by atoms with van der Waals surface area (Å²) in [5, 5.41) is 11.5. The summed E-state index contributed by atoms with van der Waals surface area (Å²) in [7, 11) is 0.